The quantitative estimate of drug-likeness (QED) is 0.0526. The van der Waals surface area contributed by atoms with Gasteiger partial charge in [0, 0.05) is 57.3 Å². The predicted octanol–water partition coefficient (Wildman–Crippen LogP) is 4.31. The van der Waals surface area contributed by atoms with Gasteiger partial charge in [0.25, 0.3) is 10.1 Å². The first-order valence-corrected chi connectivity index (χ1v) is 21.6. The summed E-state index contributed by atoms with van der Waals surface area (Å²) >= 11 is 0. The number of aromatic nitrogens is 1. The highest BCUT2D eigenvalue weighted by Gasteiger charge is 2.30. The third-order valence-corrected chi connectivity index (χ3v) is 10.6. The first-order chi connectivity index (χ1) is 29.0. The Balaban J connectivity index is 1.09. The maximum atomic E-state index is 13.4. The number of hydrazine groups is 1. The largest absolute Gasteiger partial charge is 0.447 e. The molecule has 18 heteroatoms. The molecule has 0 aliphatic heterocycles. The van der Waals surface area contributed by atoms with Crippen LogP contribution >= 0.6 is 0 Å². The van der Waals surface area contributed by atoms with Gasteiger partial charge in [0.15, 0.2) is 0 Å². The lowest BCUT2D eigenvalue weighted by Gasteiger charge is -2.28. The highest BCUT2D eigenvalue weighted by Crippen LogP contribution is 2.44. The second kappa shape index (κ2) is 21.3. The van der Waals surface area contributed by atoms with Gasteiger partial charge in [-0.3, -0.25) is 14.1 Å². The molecule has 0 saturated heterocycles. The molecule has 0 fully saturated rings. The Labute approximate surface area is 356 Å². The molecule has 1 heterocycles. The van der Waals surface area contributed by atoms with Crippen LogP contribution in [0, 0.1) is 0 Å². The van der Waals surface area contributed by atoms with Crippen LogP contribution in [0.15, 0.2) is 78.9 Å². The van der Waals surface area contributed by atoms with Crippen LogP contribution in [-0.2, 0) is 51.7 Å². The second-order valence-corrected chi connectivity index (χ2v) is 17.0. The second-order valence-electron chi connectivity index (χ2n) is 15.6. The summed E-state index contributed by atoms with van der Waals surface area (Å²) in [5.41, 5.74) is 5.49. The van der Waals surface area contributed by atoms with Crippen molar-refractivity contribution < 1.29 is 51.1 Å². The lowest BCUT2D eigenvalue weighted by Crippen LogP contribution is -2.51. The number of carbonyl (C=O) groups is 4. The zero-order valence-electron chi connectivity index (χ0n) is 35.2. The molecule has 4 N–H and O–H groups in total. The van der Waals surface area contributed by atoms with E-state index in [0.717, 1.165) is 38.9 Å². The van der Waals surface area contributed by atoms with Crippen LogP contribution in [0.5, 0.6) is 0 Å². The molecular weight excluding hydrogens is 809 g/mol. The molecule has 0 bridgehead atoms. The molecule has 61 heavy (non-hydrogen) atoms. The summed E-state index contributed by atoms with van der Waals surface area (Å²) < 4.78 is 56.9. The fourth-order valence-electron chi connectivity index (χ4n) is 6.93. The average Bonchev–Trinajstić information content (AvgIpc) is 3.72. The molecule has 1 aliphatic rings. The molecule has 1 aromatic heterocycles. The topological polar surface area (TPSA) is 207 Å². The van der Waals surface area contributed by atoms with Crippen LogP contribution in [-0.4, -0.2) is 129 Å². The van der Waals surface area contributed by atoms with Crippen LogP contribution in [0.25, 0.3) is 22.0 Å². The first-order valence-electron chi connectivity index (χ1n) is 20.0. The number of rotatable bonds is 21. The highest BCUT2D eigenvalue weighted by atomic mass is 32.2. The normalized spacial score (nSPS) is 13.0. The Bertz CT molecular complexity index is 2210. The number of amides is 4. The van der Waals surface area contributed by atoms with E-state index in [0.29, 0.717) is 0 Å². The van der Waals surface area contributed by atoms with Crippen molar-refractivity contribution in [1.82, 2.24) is 30.5 Å². The SMILES string of the molecule is CN(Cc1cc2ccccc2n1CCC(=O)NC(CS(=O)(=O)O)C(=O)NCCOCCOCCNC(=O)OC(C)(C)C)N(C)C(=O)OCC1c2ccccc2-c2ccccc21. The van der Waals surface area contributed by atoms with Crippen LogP contribution < -0.4 is 16.0 Å². The van der Waals surface area contributed by atoms with E-state index in [2.05, 4.69) is 40.2 Å². The molecule has 17 nitrogen and oxygen atoms in total. The fourth-order valence-corrected chi connectivity index (χ4v) is 7.59. The number of benzene rings is 3. The number of fused-ring (bicyclic) bond motifs is 4. The van der Waals surface area contributed by atoms with Crippen molar-refractivity contribution in [1.29, 1.82) is 0 Å². The van der Waals surface area contributed by atoms with Gasteiger partial charge in [-0.15, -0.1) is 0 Å². The minimum Gasteiger partial charge on any atom is -0.447 e. The number of alkyl carbamates (subject to hydrolysis) is 1. The smallest absolute Gasteiger partial charge is 0.424 e. The Hall–Kier alpha value is -5.53. The summed E-state index contributed by atoms with van der Waals surface area (Å²) in [6, 6.07) is 24.2. The summed E-state index contributed by atoms with van der Waals surface area (Å²) in [7, 11) is -1.27. The van der Waals surface area contributed by atoms with Crippen molar-refractivity contribution in [2.45, 2.75) is 57.8 Å². The van der Waals surface area contributed by atoms with Gasteiger partial charge in [-0.2, -0.15) is 8.42 Å². The van der Waals surface area contributed by atoms with Crippen molar-refractivity contribution in [2.24, 2.45) is 0 Å². The zero-order valence-corrected chi connectivity index (χ0v) is 36.0. The van der Waals surface area contributed by atoms with Crippen molar-refractivity contribution in [2.75, 3.05) is 66.0 Å². The minimum atomic E-state index is -4.65. The van der Waals surface area contributed by atoms with E-state index in [4.69, 9.17) is 18.9 Å². The van der Waals surface area contributed by atoms with Crippen molar-refractivity contribution >= 4 is 45.0 Å². The van der Waals surface area contributed by atoms with E-state index in [9.17, 15) is 32.1 Å². The van der Waals surface area contributed by atoms with Gasteiger partial charge in [-0.1, -0.05) is 66.7 Å². The number of para-hydroxylation sites is 1. The minimum absolute atomic E-state index is 0.00635. The lowest BCUT2D eigenvalue weighted by atomic mass is 9.98. The molecule has 4 amide bonds. The van der Waals surface area contributed by atoms with Gasteiger partial charge in [0.05, 0.1) is 33.0 Å². The van der Waals surface area contributed by atoms with E-state index in [1.54, 1.807) is 39.9 Å². The number of hydrogen-bond acceptors (Lipinski definition) is 11. The number of nitrogens with one attached hydrogen (secondary N) is 3. The maximum absolute atomic E-state index is 13.4. The summed E-state index contributed by atoms with van der Waals surface area (Å²) in [5.74, 6) is -2.55. The zero-order chi connectivity index (χ0) is 44.2. The van der Waals surface area contributed by atoms with E-state index in [1.165, 1.54) is 5.01 Å². The fraction of sp³-hybridized carbons (Fsp3) is 0.442. The van der Waals surface area contributed by atoms with Crippen LogP contribution in [0.1, 0.15) is 49.9 Å². The van der Waals surface area contributed by atoms with Gasteiger partial charge in [0.1, 0.15) is 24.0 Å². The van der Waals surface area contributed by atoms with E-state index < -0.39 is 51.5 Å². The molecule has 1 unspecified atom stereocenters. The van der Waals surface area contributed by atoms with Gasteiger partial charge < -0.3 is 39.5 Å². The monoisotopic (exact) mass is 864 g/mol. The van der Waals surface area contributed by atoms with E-state index in [-0.39, 0.29) is 71.6 Å². The van der Waals surface area contributed by atoms with E-state index in [1.807, 2.05) is 59.2 Å². The summed E-state index contributed by atoms with van der Waals surface area (Å²) in [6.45, 7) is 6.81. The van der Waals surface area contributed by atoms with Crippen molar-refractivity contribution in [3.63, 3.8) is 0 Å². The molecule has 4 aromatic rings. The number of hydrogen-bond donors (Lipinski definition) is 4. The standard InChI is InChI=1S/C43H56N6O11S/c1-43(2,3)60-41(52)45-20-23-58-25-24-57-22-19-44-40(51)37(29-61(54,55)56)46-39(50)18-21-49-31(26-30-12-6-11-17-38(30)49)27-47(4)48(5)42(53)59-28-36-34-15-9-7-13-32(34)33-14-8-10-16-35(33)36/h6-17,26,36-37H,18-25,27-29H2,1-5H3,(H,44,51)(H,45,52)(H,46,50)(H,54,55,56). The molecule has 3 aromatic carbocycles. The third-order valence-electron chi connectivity index (χ3n) is 9.82. The maximum Gasteiger partial charge on any atom is 0.424 e. The molecule has 1 atom stereocenters. The summed E-state index contributed by atoms with van der Waals surface area (Å²) in [6.07, 6.45) is -1.21. The molecular formula is C43H56N6O11S. The number of carbonyl (C=O) groups excluding carboxylic acids is 4. The van der Waals surface area contributed by atoms with Gasteiger partial charge >= 0.3 is 12.2 Å². The van der Waals surface area contributed by atoms with Gasteiger partial charge in [-0.25, -0.2) is 19.6 Å². The molecule has 0 spiro atoms. The third kappa shape index (κ3) is 13.7. The lowest BCUT2D eigenvalue weighted by molar-refractivity contribution is -0.128. The Morgan fingerprint density at radius 2 is 1.43 bits per heavy atom. The van der Waals surface area contributed by atoms with Gasteiger partial charge in [0.2, 0.25) is 11.8 Å². The summed E-state index contributed by atoms with van der Waals surface area (Å²) in [5, 5.41) is 11.5. The molecule has 1 aliphatic carbocycles. The number of aryl methyl sites for hydroxylation is 1. The molecule has 330 valence electrons. The average molecular weight is 865 g/mol. The Morgan fingerprint density at radius 1 is 0.836 bits per heavy atom. The predicted molar refractivity (Wildman–Crippen MR) is 228 cm³/mol. The number of ether oxygens (including phenoxy) is 4. The molecule has 0 radical (unpaired) electrons. The van der Waals surface area contributed by atoms with Gasteiger partial charge in [-0.05, 0) is 60.5 Å². The molecule has 5 rings (SSSR count). The number of nitrogens with zero attached hydrogens (tertiary/aromatic N) is 3. The molecule has 0 saturated carbocycles. The Kier molecular flexibility index (Phi) is 16.3. The van der Waals surface area contributed by atoms with E-state index >= 15 is 0 Å². The van der Waals surface area contributed by atoms with Crippen molar-refractivity contribution in [3.8, 4) is 11.1 Å². The van der Waals surface area contributed by atoms with Crippen molar-refractivity contribution in [3.05, 3.63) is 95.7 Å². The Morgan fingerprint density at radius 3 is 2.05 bits per heavy atom. The summed E-state index contributed by atoms with van der Waals surface area (Å²) in [4.78, 5) is 51.2. The highest BCUT2D eigenvalue weighted by molar-refractivity contribution is 7.85. The van der Waals surface area contributed by atoms with Crippen LogP contribution in [0.4, 0.5) is 9.59 Å². The van der Waals surface area contributed by atoms with Crippen LogP contribution in [0.2, 0.25) is 0 Å². The first kappa shape index (κ1) is 46.5. The van der Waals surface area contributed by atoms with Crippen LogP contribution in [0.3, 0.4) is 0 Å².